The van der Waals surface area contributed by atoms with Crippen LogP contribution in [0.15, 0.2) is 10.5 Å². The summed E-state index contributed by atoms with van der Waals surface area (Å²) in [4.78, 5) is 1.39. The SMILES string of the molecule is CNC(c1cc(Br)c(Cl)s1)C1CCC2CCCCC2C1. The van der Waals surface area contributed by atoms with Crippen LogP contribution in [0, 0.1) is 17.8 Å². The van der Waals surface area contributed by atoms with Crippen LogP contribution in [0.2, 0.25) is 4.34 Å². The zero-order valence-corrected chi connectivity index (χ0v) is 15.2. The molecule has 0 bridgehead atoms. The van der Waals surface area contributed by atoms with E-state index in [1.54, 1.807) is 11.3 Å². The Morgan fingerprint density at radius 2 is 2.00 bits per heavy atom. The van der Waals surface area contributed by atoms with Crippen molar-refractivity contribution in [2.75, 3.05) is 7.05 Å². The first-order valence-electron chi connectivity index (χ1n) is 7.81. The molecule has 0 amide bonds. The summed E-state index contributed by atoms with van der Waals surface area (Å²) in [6.07, 6.45) is 10.1. The molecule has 1 N–H and O–H groups in total. The molecule has 20 heavy (non-hydrogen) atoms. The Bertz CT molecular complexity index is 442. The maximum Gasteiger partial charge on any atom is 0.107 e. The van der Waals surface area contributed by atoms with Crippen molar-refractivity contribution in [3.05, 3.63) is 19.8 Å². The minimum Gasteiger partial charge on any atom is -0.312 e. The van der Waals surface area contributed by atoms with Crippen LogP contribution in [0.1, 0.15) is 55.9 Å². The van der Waals surface area contributed by atoms with E-state index in [4.69, 9.17) is 11.6 Å². The summed E-state index contributed by atoms with van der Waals surface area (Å²) < 4.78 is 1.93. The summed E-state index contributed by atoms with van der Waals surface area (Å²) >= 11 is 11.5. The first-order chi connectivity index (χ1) is 9.69. The zero-order valence-electron chi connectivity index (χ0n) is 12.0. The first-order valence-corrected chi connectivity index (χ1v) is 9.79. The second-order valence-corrected chi connectivity index (χ2v) is 8.95. The molecule has 2 aliphatic rings. The van der Waals surface area contributed by atoms with Crippen LogP contribution in [-0.2, 0) is 0 Å². The lowest BCUT2D eigenvalue weighted by Crippen LogP contribution is -2.34. The predicted molar refractivity (Wildman–Crippen MR) is 91.6 cm³/mol. The summed E-state index contributed by atoms with van der Waals surface area (Å²) in [5, 5.41) is 3.56. The van der Waals surface area contributed by atoms with Crippen LogP contribution in [0.25, 0.3) is 0 Å². The number of thiophene rings is 1. The highest BCUT2D eigenvalue weighted by molar-refractivity contribution is 9.10. The molecule has 0 aromatic carbocycles. The van der Waals surface area contributed by atoms with Gasteiger partial charge in [-0.25, -0.2) is 0 Å². The number of hydrogen-bond acceptors (Lipinski definition) is 2. The van der Waals surface area contributed by atoms with Gasteiger partial charge in [0.05, 0.1) is 0 Å². The third-order valence-corrected chi connectivity index (χ3v) is 7.89. The fraction of sp³-hybridized carbons (Fsp3) is 0.750. The molecule has 1 aromatic heterocycles. The number of nitrogens with one attached hydrogen (secondary N) is 1. The zero-order chi connectivity index (χ0) is 14.1. The quantitative estimate of drug-likeness (QED) is 0.679. The highest BCUT2D eigenvalue weighted by Crippen LogP contribution is 2.47. The van der Waals surface area contributed by atoms with Crippen molar-refractivity contribution >= 4 is 38.9 Å². The third kappa shape index (κ3) is 3.11. The van der Waals surface area contributed by atoms with Crippen molar-refractivity contribution in [2.45, 2.75) is 51.0 Å². The molecule has 2 saturated carbocycles. The van der Waals surface area contributed by atoms with Gasteiger partial charge in [-0.2, -0.15) is 0 Å². The largest absolute Gasteiger partial charge is 0.312 e. The maximum atomic E-state index is 6.22. The van der Waals surface area contributed by atoms with Crippen LogP contribution >= 0.6 is 38.9 Å². The van der Waals surface area contributed by atoms with Crippen molar-refractivity contribution < 1.29 is 0 Å². The molecule has 2 fully saturated rings. The number of rotatable bonds is 3. The predicted octanol–water partition coefficient (Wildman–Crippen LogP) is 6.03. The second kappa shape index (κ2) is 6.68. The molecule has 2 aliphatic carbocycles. The van der Waals surface area contributed by atoms with E-state index in [2.05, 4.69) is 34.4 Å². The fourth-order valence-corrected chi connectivity index (χ4v) is 6.28. The van der Waals surface area contributed by atoms with E-state index in [0.29, 0.717) is 6.04 Å². The van der Waals surface area contributed by atoms with E-state index in [1.165, 1.54) is 49.8 Å². The van der Waals surface area contributed by atoms with E-state index in [9.17, 15) is 0 Å². The van der Waals surface area contributed by atoms with Gasteiger partial charge in [0.15, 0.2) is 0 Å². The molecule has 4 unspecified atom stereocenters. The molecule has 4 heteroatoms. The van der Waals surface area contributed by atoms with Gasteiger partial charge in [0, 0.05) is 15.4 Å². The minimum absolute atomic E-state index is 0.478. The van der Waals surface area contributed by atoms with Crippen LogP contribution in [0.4, 0.5) is 0 Å². The molecule has 1 nitrogen and oxygen atoms in total. The molecule has 0 radical (unpaired) electrons. The molecule has 1 heterocycles. The molecule has 0 saturated heterocycles. The van der Waals surface area contributed by atoms with Crippen molar-refractivity contribution in [3.63, 3.8) is 0 Å². The highest BCUT2D eigenvalue weighted by atomic mass is 79.9. The summed E-state index contributed by atoms with van der Waals surface area (Å²) in [7, 11) is 2.10. The van der Waals surface area contributed by atoms with Crippen LogP contribution in [0.5, 0.6) is 0 Å². The molecular formula is C16H23BrClNS. The lowest BCUT2D eigenvalue weighted by Gasteiger charge is -2.41. The monoisotopic (exact) mass is 375 g/mol. The van der Waals surface area contributed by atoms with Crippen molar-refractivity contribution in [1.82, 2.24) is 5.32 Å². The molecular weight excluding hydrogens is 354 g/mol. The molecule has 1 aromatic rings. The van der Waals surface area contributed by atoms with Gasteiger partial charge in [-0.15, -0.1) is 11.3 Å². The average Bonchev–Trinajstić information content (AvgIpc) is 2.79. The Labute approximate surface area is 139 Å². The summed E-state index contributed by atoms with van der Waals surface area (Å²) in [6, 6.07) is 2.69. The Kier molecular flexibility index (Phi) is 5.12. The summed E-state index contributed by atoms with van der Waals surface area (Å²) in [5.41, 5.74) is 0. The van der Waals surface area contributed by atoms with Crippen molar-refractivity contribution in [2.24, 2.45) is 17.8 Å². The van der Waals surface area contributed by atoms with E-state index >= 15 is 0 Å². The van der Waals surface area contributed by atoms with Gasteiger partial charge in [-0.1, -0.05) is 37.3 Å². The molecule has 3 rings (SSSR count). The first kappa shape index (κ1) is 15.3. The molecule has 112 valence electrons. The smallest absolute Gasteiger partial charge is 0.107 e. The lowest BCUT2D eigenvalue weighted by molar-refractivity contribution is 0.112. The molecule has 0 aliphatic heterocycles. The Balaban J connectivity index is 1.73. The van der Waals surface area contributed by atoms with Gasteiger partial charge in [0.25, 0.3) is 0 Å². The number of halogens is 2. The Morgan fingerprint density at radius 1 is 1.25 bits per heavy atom. The Hall–Kier alpha value is 0.430. The van der Waals surface area contributed by atoms with Gasteiger partial charge in [-0.3, -0.25) is 0 Å². The van der Waals surface area contributed by atoms with E-state index in [1.807, 2.05) is 0 Å². The van der Waals surface area contributed by atoms with E-state index < -0.39 is 0 Å². The van der Waals surface area contributed by atoms with E-state index in [0.717, 1.165) is 26.6 Å². The number of fused-ring (bicyclic) bond motifs is 1. The fourth-order valence-electron chi connectivity index (χ4n) is 4.34. The van der Waals surface area contributed by atoms with Crippen LogP contribution in [0.3, 0.4) is 0 Å². The van der Waals surface area contributed by atoms with Crippen LogP contribution < -0.4 is 5.32 Å². The molecule has 0 spiro atoms. The topological polar surface area (TPSA) is 12.0 Å². The summed E-state index contributed by atoms with van der Waals surface area (Å²) in [5.74, 6) is 2.79. The van der Waals surface area contributed by atoms with Gasteiger partial charge in [0.2, 0.25) is 0 Å². The number of hydrogen-bond donors (Lipinski definition) is 1. The normalized spacial score (nSPS) is 31.9. The summed E-state index contributed by atoms with van der Waals surface area (Å²) in [6.45, 7) is 0. The van der Waals surface area contributed by atoms with Gasteiger partial charge >= 0.3 is 0 Å². The van der Waals surface area contributed by atoms with Crippen molar-refractivity contribution in [3.8, 4) is 0 Å². The van der Waals surface area contributed by atoms with Gasteiger partial charge in [-0.05, 0) is 66.1 Å². The second-order valence-electron chi connectivity index (χ2n) is 6.41. The third-order valence-electron chi connectivity index (χ3n) is 5.33. The minimum atomic E-state index is 0.478. The lowest BCUT2D eigenvalue weighted by atomic mass is 9.66. The van der Waals surface area contributed by atoms with Gasteiger partial charge in [0.1, 0.15) is 4.34 Å². The van der Waals surface area contributed by atoms with E-state index in [-0.39, 0.29) is 0 Å². The van der Waals surface area contributed by atoms with Crippen LogP contribution in [-0.4, -0.2) is 7.05 Å². The average molecular weight is 377 g/mol. The Morgan fingerprint density at radius 3 is 2.65 bits per heavy atom. The molecule has 4 atom stereocenters. The maximum absolute atomic E-state index is 6.22. The standard InChI is InChI=1S/C16H23BrClNS/c1-19-15(14-9-13(17)16(18)20-14)12-7-6-10-4-2-3-5-11(10)8-12/h9-12,15,19H,2-8H2,1H3. The van der Waals surface area contributed by atoms with Crippen molar-refractivity contribution in [1.29, 1.82) is 0 Å². The highest BCUT2D eigenvalue weighted by Gasteiger charge is 2.36. The van der Waals surface area contributed by atoms with Gasteiger partial charge < -0.3 is 5.32 Å².